The second-order valence-corrected chi connectivity index (χ2v) is 4.63. The Bertz CT molecular complexity index is 422. The Morgan fingerprint density at radius 1 is 1.39 bits per heavy atom. The van der Waals surface area contributed by atoms with Crippen molar-refractivity contribution in [3.8, 4) is 6.07 Å². The Balaban J connectivity index is 3.00. The molecule has 2 unspecified atom stereocenters. The topological polar surface area (TPSA) is 44.1 Å². The van der Waals surface area contributed by atoms with Gasteiger partial charge in [0.2, 0.25) is 5.91 Å². The summed E-state index contributed by atoms with van der Waals surface area (Å²) in [6, 6.07) is 11.8. The van der Waals surface area contributed by atoms with Gasteiger partial charge < -0.3 is 4.90 Å². The zero-order valence-corrected chi connectivity index (χ0v) is 11.3. The smallest absolute Gasteiger partial charge is 0.230 e. The maximum atomic E-state index is 12.4. The molecule has 0 radical (unpaired) electrons. The van der Waals surface area contributed by atoms with Crippen LogP contribution in [0.25, 0.3) is 0 Å². The normalized spacial score (nSPS) is 13.4. The summed E-state index contributed by atoms with van der Waals surface area (Å²) in [7, 11) is 1.68. The summed E-state index contributed by atoms with van der Waals surface area (Å²) in [5.74, 6) is 0.132. The minimum absolute atomic E-state index is 0.0251. The average Bonchev–Trinajstić information content (AvgIpc) is 2.40. The number of benzene rings is 1. The number of hydrogen-bond acceptors (Lipinski definition) is 2. The number of amides is 1. The van der Waals surface area contributed by atoms with E-state index in [4.69, 9.17) is 5.26 Å². The van der Waals surface area contributed by atoms with Gasteiger partial charge in [0, 0.05) is 7.05 Å². The summed E-state index contributed by atoms with van der Waals surface area (Å²) in [5, 5.41) is 8.69. The summed E-state index contributed by atoms with van der Waals surface area (Å²) < 4.78 is 0. The Hall–Kier alpha value is -1.82. The summed E-state index contributed by atoms with van der Waals surface area (Å²) in [4.78, 5) is 13.9. The molecule has 0 fully saturated rings. The zero-order chi connectivity index (χ0) is 13.5. The molecular formula is C15H20N2O. The summed E-state index contributed by atoms with van der Waals surface area (Å²) in [6.07, 6.45) is 0.936. The molecule has 0 aliphatic rings. The highest BCUT2D eigenvalue weighted by Gasteiger charge is 2.28. The first kappa shape index (κ1) is 14.2. The van der Waals surface area contributed by atoms with E-state index in [0.717, 1.165) is 12.0 Å². The molecule has 96 valence electrons. The van der Waals surface area contributed by atoms with Crippen LogP contribution in [-0.4, -0.2) is 24.4 Å². The maximum Gasteiger partial charge on any atom is 0.230 e. The molecule has 1 rings (SSSR count). The van der Waals surface area contributed by atoms with Crippen LogP contribution in [0.2, 0.25) is 0 Å². The number of rotatable bonds is 5. The van der Waals surface area contributed by atoms with Gasteiger partial charge in [-0.3, -0.25) is 4.79 Å². The van der Waals surface area contributed by atoms with E-state index >= 15 is 0 Å². The third-order valence-electron chi connectivity index (χ3n) is 3.32. The molecule has 0 aliphatic carbocycles. The number of likely N-dealkylation sites (N-methyl/N-ethyl adjacent to an activating group) is 1. The van der Waals surface area contributed by atoms with Crippen LogP contribution in [0.4, 0.5) is 0 Å². The van der Waals surface area contributed by atoms with E-state index in [1.54, 1.807) is 7.05 Å². The lowest BCUT2D eigenvalue weighted by Gasteiger charge is -2.26. The molecule has 1 aromatic carbocycles. The van der Waals surface area contributed by atoms with Crippen LogP contribution in [0.3, 0.4) is 0 Å². The first-order valence-corrected chi connectivity index (χ1v) is 6.28. The van der Waals surface area contributed by atoms with Gasteiger partial charge in [-0.25, -0.2) is 0 Å². The fourth-order valence-electron chi connectivity index (χ4n) is 2.03. The Kier molecular flexibility index (Phi) is 5.38. The van der Waals surface area contributed by atoms with Crippen molar-refractivity contribution in [3.05, 3.63) is 35.9 Å². The van der Waals surface area contributed by atoms with Crippen molar-refractivity contribution in [2.45, 2.75) is 26.2 Å². The number of carbonyl (C=O) groups excluding carboxylic acids is 1. The average molecular weight is 244 g/mol. The predicted molar refractivity (Wildman–Crippen MR) is 71.9 cm³/mol. The van der Waals surface area contributed by atoms with Crippen LogP contribution in [0.1, 0.15) is 31.7 Å². The van der Waals surface area contributed by atoms with Gasteiger partial charge in [-0.1, -0.05) is 50.6 Å². The van der Waals surface area contributed by atoms with Crippen LogP contribution < -0.4 is 0 Å². The first-order chi connectivity index (χ1) is 8.61. The highest BCUT2D eigenvalue weighted by atomic mass is 16.2. The van der Waals surface area contributed by atoms with Gasteiger partial charge in [0.05, 0.1) is 12.0 Å². The number of nitrogens with zero attached hydrogens (tertiary/aromatic N) is 2. The Labute approximate surface area is 109 Å². The lowest BCUT2D eigenvalue weighted by molar-refractivity contribution is -0.132. The largest absolute Gasteiger partial charge is 0.332 e. The third-order valence-corrected chi connectivity index (χ3v) is 3.32. The monoisotopic (exact) mass is 244 g/mol. The fraction of sp³-hybridized carbons (Fsp3) is 0.467. The molecule has 0 spiro atoms. The first-order valence-electron chi connectivity index (χ1n) is 6.28. The molecule has 0 saturated carbocycles. The van der Waals surface area contributed by atoms with Crippen LogP contribution in [-0.2, 0) is 4.79 Å². The number of nitriles is 1. The molecule has 0 heterocycles. The lowest BCUT2D eigenvalue weighted by atomic mass is 9.84. The van der Waals surface area contributed by atoms with Crippen LogP contribution in [0.15, 0.2) is 30.3 Å². The minimum atomic E-state index is -0.158. The van der Waals surface area contributed by atoms with Crippen LogP contribution in [0, 0.1) is 17.2 Å². The second kappa shape index (κ2) is 6.80. The molecule has 3 heteroatoms. The van der Waals surface area contributed by atoms with Gasteiger partial charge in [-0.2, -0.15) is 5.26 Å². The summed E-state index contributed by atoms with van der Waals surface area (Å²) in [6.45, 7) is 4.30. The second-order valence-electron chi connectivity index (χ2n) is 4.63. The van der Waals surface area contributed by atoms with E-state index in [2.05, 4.69) is 13.8 Å². The standard InChI is InChI=1S/C15H20N2O/c1-4-12(2)14(13-8-6-5-7-9-13)15(18)17(3)11-10-16/h5-9,12,14H,4,11H2,1-3H3. The number of carbonyl (C=O) groups is 1. The maximum absolute atomic E-state index is 12.4. The van der Waals surface area contributed by atoms with E-state index in [0.29, 0.717) is 0 Å². The van der Waals surface area contributed by atoms with Gasteiger partial charge in [-0.05, 0) is 11.5 Å². The van der Waals surface area contributed by atoms with E-state index < -0.39 is 0 Å². The van der Waals surface area contributed by atoms with Gasteiger partial charge in [-0.15, -0.1) is 0 Å². The van der Waals surface area contributed by atoms with Crippen molar-refractivity contribution in [2.24, 2.45) is 5.92 Å². The van der Waals surface area contributed by atoms with E-state index in [9.17, 15) is 4.79 Å². The van der Waals surface area contributed by atoms with Crippen LogP contribution >= 0.6 is 0 Å². The van der Waals surface area contributed by atoms with Gasteiger partial charge >= 0.3 is 0 Å². The fourth-order valence-corrected chi connectivity index (χ4v) is 2.03. The molecule has 2 atom stereocenters. The molecule has 18 heavy (non-hydrogen) atoms. The van der Waals surface area contributed by atoms with Crippen molar-refractivity contribution in [2.75, 3.05) is 13.6 Å². The molecule has 0 bridgehead atoms. The van der Waals surface area contributed by atoms with E-state index in [1.165, 1.54) is 4.90 Å². The minimum Gasteiger partial charge on any atom is -0.332 e. The van der Waals surface area contributed by atoms with Crippen molar-refractivity contribution in [1.82, 2.24) is 4.90 Å². The molecule has 0 saturated heterocycles. The lowest BCUT2D eigenvalue weighted by Crippen LogP contribution is -2.34. The van der Waals surface area contributed by atoms with Gasteiger partial charge in [0.15, 0.2) is 0 Å². The van der Waals surface area contributed by atoms with Gasteiger partial charge in [0.1, 0.15) is 6.54 Å². The summed E-state index contributed by atoms with van der Waals surface area (Å²) >= 11 is 0. The van der Waals surface area contributed by atoms with E-state index in [1.807, 2.05) is 36.4 Å². The Morgan fingerprint density at radius 3 is 2.50 bits per heavy atom. The van der Waals surface area contributed by atoms with Crippen molar-refractivity contribution >= 4 is 5.91 Å². The molecular weight excluding hydrogens is 224 g/mol. The SMILES string of the molecule is CCC(C)C(C(=O)N(C)CC#N)c1ccccc1. The molecule has 3 nitrogen and oxygen atoms in total. The molecule has 0 N–H and O–H groups in total. The highest BCUT2D eigenvalue weighted by molar-refractivity contribution is 5.84. The zero-order valence-electron chi connectivity index (χ0n) is 11.3. The number of hydrogen-bond donors (Lipinski definition) is 0. The van der Waals surface area contributed by atoms with Crippen molar-refractivity contribution in [1.29, 1.82) is 5.26 Å². The predicted octanol–water partition coefficient (Wildman–Crippen LogP) is 2.80. The van der Waals surface area contributed by atoms with Crippen LogP contribution in [0.5, 0.6) is 0 Å². The van der Waals surface area contributed by atoms with Gasteiger partial charge in [0.25, 0.3) is 0 Å². The summed E-state index contributed by atoms with van der Waals surface area (Å²) in [5.41, 5.74) is 1.03. The quantitative estimate of drug-likeness (QED) is 0.747. The molecule has 1 amide bonds. The molecule has 1 aromatic rings. The highest BCUT2D eigenvalue weighted by Crippen LogP contribution is 2.28. The molecule has 0 aliphatic heterocycles. The molecule has 0 aromatic heterocycles. The van der Waals surface area contributed by atoms with Crippen molar-refractivity contribution < 1.29 is 4.79 Å². The van der Waals surface area contributed by atoms with Crippen molar-refractivity contribution in [3.63, 3.8) is 0 Å². The van der Waals surface area contributed by atoms with E-state index in [-0.39, 0.29) is 24.3 Å². The Morgan fingerprint density at radius 2 is 2.00 bits per heavy atom. The third kappa shape index (κ3) is 3.33.